The Bertz CT molecular complexity index is 559. The molecule has 5 nitrogen and oxygen atoms in total. The molecule has 0 aliphatic carbocycles. The largest absolute Gasteiger partial charge is 0.430 e. The molecule has 0 amide bonds. The molecule has 0 radical (unpaired) electrons. The van der Waals surface area contributed by atoms with Gasteiger partial charge in [-0.05, 0) is 42.2 Å². The fourth-order valence-electron chi connectivity index (χ4n) is 1.77. The predicted octanol–water partition coefficient (Wildman–Crippen LogP) is 2.99. The lowest BCUT2D eigenvalue weighted by molar-refractivity contribution is 0.503. The standard InChI is InChI=1S/C13H19BrN4O/c1-8(2)5-15-6-11-7-19-13(16-11)18-10(4)12(14)9(3)17-18/h7-8,15H,5-6H2,1-4H3. The van der Waals surface area contributed by atoms with Crippen molar-refractivity contribution in [2.24, 2.45) is 5.92 Å². The van der Waals surface area contributed by atoms with E-state index in [1.165, 1.54) is 0 Å². The third-order valence-corrected chi connectivity index (χ3v) is 3.93. The molecule has 0 atom stereocenters. The molecule has 0 aliphatic heterocycles. The van der Waals surface area contributed by atoms with Crippen molar-refractivity contribution in [3.63, 3.8) is 0 Å². The Balaban J connectivity index is 2.10. The average Bonchev–Trinajstić information content (AvgIpc) is 2.90. The molecule has 104 valence electrons. The number of aromatic nitrogens is 3. The van der Waals surface area contributed by atoms with Gasteiger partial charge in [0.1, 0.15) is 6.26 Å². The van der Waals surface area contributed by atoms with Gasteiger partial charge in [-0.2, -0.15) is 14.8 Å². The third-order valence-electron chi connectivity index (χ3n) is 2.78. The number of halogens is 1. The third kappa shape index (κ3) is 3.25. The highest BCUT2D eigenvalue weighted by molar-refractivity contribution is 9.10. The maximum absolute atomic E-state index is 5.49. The van der Waals surface area contributed by atoms with Crippen LogP contribution in [0.3, 0.4) is 0 Å². The molecule has 0 aromatic carbocycles. The quantitative estimate of drug-likeness (QED) is 0.917. The molecule has 0 bridgehead atoms. The van der Waals surface area contributed by atoms with Crippen LogP contribution in [0.2, 0.25) is 0 Å². The monoisotopic (exact) mass is 326 g/mol. The minimum absolute atomic E-state index is 0.507. The lowest BCUT2D eigenvalue weighted by atomic mass is 10.2. The molecule has 0 aliphatic rings. The van der Waals surface area contributed by atoms with Gasteiger partial charge in [0, 0.05) is 6.54 Å². The molecule has 0 unspecified atom stereocenters. The normalized spacial score (nSPS) is 11.5. The van der Waals surface area contributed by atoms with E-state index < -0.39 is 0 Å². The Morgan fingerprint density at radius 2 is 2.16 bits per heavy atom. The Labute approximate surface area is 121 Å². The van der Waals surface area contributed by atoms with Gasteiger partial charge in [-0.1, -0.05) is 13.8 Å². The van der Waals surface area contributed by atoms with Crippen LogP contribution in [0.15, 0.2) is 15.2 Å². The van der Waals surface area contributed by atoms with Gasteiger partial charge in [-0.25, -0.2) is 0 Å². The first-order valence-electron chi connectivity index (χ1n) is 6.36. The van der Waals surface area contributed by atoms with Crippen LogP contribution in [0.5, 0.6) is 0 Å². The van der Waals surface area contributed by atoms with Crippen molar-refractivity contribution in [3.8, 4) is 6.01 Å². The van der Waals surface area contributed by atoms with Crippen LogP contribution in [0.25, 0.3) is 6.01 Å². The average molecular weight is 327 g/mol. The van der Waals surface area contributed by atoms with E-state index in [4.69, 9.17) is 4.42 Å². The van der Waals surface area contributed by atoms with E-state index >= 15 is 0 Å². The molecule has 2 rings (SSSR count). The first-order valence-corrected chi connectivity index (χ1v) is 7.15. The van der Waals surface area contributed by atoms with E-state index in [9.17, 15) is 0 Å². The molecule has 0 saturated heterocycles. The van der Waals surface area contributed by atoms with Gasteiger partial charge in [0.15, 0.2) is 0 Å². The van der Waals surface area contributed by atoms with Crippen molar-refractivity contribution >= 4 is 15.9 Å². The number of nitrogens with one attached hydrogen (secondary N) is 1. The van der Waals surface area contributed by atoms with E-state index in [0.29, 0.717) is 18.5 Å². The van der Waals surface area contributed by atoms with E-state index in [1.54, 1.807) is 10.9 Å². The zero-order chi connectivity index (χ0) is 14.0. The summed E-state index contributed by atoms with van der Waals surface area (Å²) in [6.07, 6.45) is 1.67. The van der Waals surface area contributed by atoms with Crippen LogP contribution >= 0.6 is 15.9 Å². The number of nitrogens with zero attached hydrogens (tertiary/aromatic N) is 3. The summed E-state index contributed by atoms with van der Waals surface area (Å²) in [6, 6.07) is 0.507. The molecule has 19 heavy (non-hydrogen) atoms. The molecular formula is C13H19BrN4O. The second kappa shape index (κ2) is 5.88. The van der Waals surface area contributed by atoms with Crippen molar-refractivity contribution in [3.05, 3.63) is 27.8 Å². The minimum atomic E-state index is 0.507. The van der Waals surface area contributed by atoms with Gasteiger partial charge in [0.25, 0.3) is 0 Å². The highest BCUT2D eigenvalue weighted by Gasteiger charge is 2.14. The van der Waals surface area contributed by atoms with Crippen LogP contribution in [0.4, 0.5) is 0 Å². The summed E-state index contributed by atoms with van der Waals surface area (Å²) >= 11 is 3.50. The smallest absolute Gasteiger partial charge is 0.323 e. The van der Waals surface area contributed by atoms with Crippen LogP contribution < -0.4 is 5.32 Å². The Hall–Kier alpha value is -1.14. The highest BCUT2D eigenvalue weighted by atomic mass is 79.9. The highest BCUT2D eigenvalue weighted by Crippen LogP contribution is 2.22. The van der Waals surface area contributed by atoms with Crippen LogP contribution in [-0.4, -0.2) is 21.3 Å². The van der Waals surface area contributed by atoms with Crippen molar-refractivity contribution in [2.45, 2.75) is 34.2 Å². The molecule has 0 fully saturated rings. The van der Waals surface area contributed by atoms with Crippen molar-refractivity contribution in [1.29, 1.82) is 0 Å². The van der Waals surface area contributed by atoms with Gasteiger partial charge in [-0.3, -0.25) is 0 Å². The minimum Gasteiger partial charge on any atom is -0.430 e. The first kappa shape index (κ1) is 14.3. The van der Waals surface area contributed by atoms with E-state index in [1.807, 2.05) is 13.8 Å². The number of aryl methyl sites for hydroxylation is 1. The molecular weight excluding hydrogens is 308 g/mol. The topological polar surface area (TPSA) is 55.9 Å². The summed E-state index contributed by atoms with van der Waals surface area (Å²) in [4.78, 5) is 4.44. The SMILES string of the molecule is Cc1nn(-c2nc(CNCC(C)C)co2)c(C)c1Br. The Kier molecular flexibility index (Phi) is 4.42. The lowest BCUT2D eigenvalue weighted by Crippen LogP contribution is -2.19. The first-order chi connectivity index (χ1) is 8.99. The van der Waals surface area contributed by atoms with E-state index in [2.05, 4.69) is 45.2 Å². The van der Waals surface area contributed by atoms with Crippen molar-refractivity contribution < 1.29 is 4.42 Å². The summed E-state index contributed by atoms with van der Waals surface area (Å²) in [5, 5.41) is 7.73. The maximum Gasteiger partial charge on any atom is 0.323 e. The van der Waals surface area contributed by atoms with Gasteiger partial charge >= 0.3 is 6.01 Å². The zero-order valence-electron chi connectivity index (χ0n) is 11.7. The second-order valence-corrected chi connectivity index (χ2v) is 5.84. The number of oxazole rings is 1. The van der Waals surface area contributed by atoms with E-state index in [-0.39, 0.29) is 0 Å². The summed E-state index contributed by atoms with van der Waals surface area (Å²) in [5.74, 6) is 0.623. The van der Waals surface area contributed by atoms with Crippen molar-refractivity contribution in [2.75, 3.05) is 6.54 Å². The second-order valence-electron chi connectivity index (χ2n) is 5.04. The number of hydrogen-bond donors (Lipinski definition) is 1. The fourth-order valence-corrected chi connectivity index (χ4v) is 2.02. The number of hydrogen-bond acceptors (Lipinski definition) is 4. The summed E-state index contributed by atoms with van der Waals surface area (Å²) < 4.78 is 8.19. The molecule has 6 heteroatoms. The summed E-state index contributed by atoms with van der Waals surface area (Å²) in [6.45, 7) is 9.95. The summed E-state index contributed by atoms with van der Waals surface area (Å²) in [5.41, 5.74) is 2.80. The maximum atomic E-state index is 5.49. The molecule has 1 N–H and O–H groups in total. The Morgan fingerprint density at radius 1 is 1.42 bits per heavy atom. The lowest BCUT2D eigenvalue weighted by Gasteiger charge is -2.04. The Morgan fingerprint density at radius 3 is 2.74 bits per heavy atom. The van der Waals surface area contributed by atoms with Gasteiger partial charge in [0.05, 0.1) is 21.6 Å². The van der Waals surface area contributed by atoms with Gasteiger partial charge < -0.3 is 9.73 Å². The molecule has 2 aromatic rings. The van der Waals surface area contributed by atoms with Gasteiger partial charge in [0.2, 0.25) is 0 Å². The van der Waals surface area contributed by atoms with Gasteiger partial charge in [-0.15, -0.1) is 0 Å². The van der Waals surface area contributed by atoms with Crippen LogP contribution in [0.1, 0.15) is 30.9 Å². The molecule has 0 spiro atoms. The van der Waals surface area contributed by atoms with Crippen LogP contribution in [0, 0.1) is 19.8 Å². The zero-order valence-corrected chi connectivity index (χ0v) is 13.3. The molecule has 0 saturated carbocycles. The van der Waals surface area contributed by atoms with E-state index in [0.717, 1.165) is 28.1 Å². The summed E-state index contributed by atoms with van der Waals surface area (Å²) in [7, 11) is 0. The number of rotatable bonds is 5. The predicted molar refractivity (Wildman–Crippen MR) is 77.3 cm³/mol. The van der Waals surface area contributed by atoms with Crippen LogP contribution in [-0.2, 0) is 6.54 Å². The fraction of sp³-hybridized carbons (Fsp3) is 0.538. The molecule has 2 heterocycles. The molecule has 2 aromatic heterocycles. The van der Waals surface area contributed by atoms with Crippen molar-refractivity contribution in [1.82, 2.24) is 20.1 Å².